The van der Waals surface area contributed by atoms with Crippen LogP contribution in [0.1, 0.15) is 0 Å². The fraction of sp³-hybridized carbons (Fsp3) is 0. The van der Waals surface area contributed by atoms with Crippen molar-refractivity contribution in [3.05, 3.63) is 188 Å². The molecule has 3 heterocycles. The van der Waals surface area contributed by atoms with E-state index in [1.165, 1.54) is 21.8 Å². The lowest BCUT2D eigenvalue weighted by Crippen LogP contribution is -1.96. The van der Waals surface area contributed by atoms with Crippen molar-refractivity contribution >= 4 is 54.6 Å². The molecule has 0 unspecified atom stereocenters. The van der Waals surface area contributed by atoms with Crippen LogP contribution in [0.25, 0.3) is 105 Å². The standard InChI is InChI=1S/C50H31N3O/c1-3-12-34(13-4-1)50-51-44-28-26-35(36-27-29-46-42(30-36)39-16-7-9-20-45(39)53(46)37-14-5-2-6-15-37)31-43(44)48(52-50)33-24-22-32(23-25-33)38-18-11-19-41-40-17-8-10-21-47(40)54-49(38)41/h1-31H. The highest BCUT2D eigenvalue weighted by molar-refractivity contribution is 6.11. The Labute approximate surface area is 311 Å². The number of fused-ring (bicyclic) bond motifs is 7. The summed E-state index contributed by atoms with van der Waals surface area (Å²) < 4.78 is 8.73. The third kappa shape index (κ3) is 4.85. The van der Waals surface area contributed by atoms with E-state index in [4.69, 9.17) is 14.4 Å². The molecule has 11 rings (SSSR count). The second-order valence-electron chi connectivity index (χ2n) is 13.8. The molecule has 0 aliphatic heterocycles. The van der Waals surface area contributed by atoms with Crippen LogP contribution in [-0.4, -0.2) is 14.5 Å². The Kier molecular flexibility index (Phi) is 6.82. The quantitative estimate of drug-likeness (QED) is 0.181. The van der Waals surface area contributed by atoms with E-state index in [-0.39, 0.29) is 0 Å². The van der Waals surface area contributed by atoms with Crippen LogP contribution in [0.2, 0.25) is 0 Å². The van der Waals surface area contributed by atoms with Crippen molar-refractivity contribution in [2.24, 2.45) is 0 Å². The highest BCUT2D eigenvalue weighted by Crippen LogP contribution is 2.39. The smallest absolute Gasteiger partial charge is 0.160 e. The molecule has 4 heteroatoms. The van der Waals surface area contributed by atoms with E-state index in [0.717, 1.165) is 77.6 Å². The summed E-state index contributed by atoms with van der Waals surface area (Å²) in [6.07, 6.45) is 0. The molecule has 0 spiro atoms. The summed E-state index contributed by atoms with van der Waals surface area (Å²) in [7, 11) is 0. The first-order valence-corrected chi connectivity index (χ1v) is 18.2. The SMILES string of the molecule is c1ccc(-c2nc(-c3ccc(-c4cccc5c4oc4ccccc45)cc3)c3cc(-c4ccc5c(c4)c4ccccc4n5-c4ccccc4)ccc3n2)cc1. The van der Waals surface area contributed by atoms with Gasteiger partial charge in [-0.25, -0.2) is 9.97 Å². The van der Waals surface area contributed by atoms with Gasteiger partial charge in [-0.3, -0.25) is 0 Å². The summed E-state index contributed by atoms with van der Waals surface area (Å²) in [5.74, 6) is 0.706. The molecule has 0 N–H and O–H groups in total. The van der Waals surface area contributed by atoms with Crippen molar-refractivity contribution in [3.63, 3.8) is 0 Å². The predicted molar refractivity (Wildman–Crippen MR) is 223 cm³/mol. The van der Waals surface area contributed by atoms with Gasteiger partial charge < -0.3 is 8.98 Å². The Hall–Kier alpha value is -7.30. The Balaban J connectivity index is 1.06. The molecule has 11 aromatic rings. The molecule has 0 fully saturated rings. The van der Waals surface area contributed by atoms with Gasteiger partial charge in [0.1, 0.15) is 11.2 Å². The third-order valence-electron chi connectivity index (χ3n) is 10.6. The lowest BCUT2D eigenvalue weighted by molar-refractivity contribution is 0.670. The maximum absolute atomic E-state index is 6.38. The number of aromatic nitrogens is 3. The molecule has 0 saturated heterocycles. The van der Waals surface area contributed by atoms with Gasteiger partial charge in [-0.2, -0.15) is 0 Å². The van der Waals surface area contributed by atoms with Crippen LogP contribution in [0.4, 0.5) is 0 Å². The summed E-state index contributed by atoms with van der Waals surface area (Å²) in [6.45, 7) is 0. The fourth-order valence-electron chi connectivity index (χ4n) is 8.03. The Morgan fingerprint density at radius 1 is 0.389 bits per heavy atom. The summed E-state index contributed by atoms with van der Waals surface area (Å²) in [4.78, 5) is 10.3. The lowest BCUT2D eigenvalue weighted by Gasteiger charge is -2.12. The second kappa shape index (κ2) is 12.1. The normalized spacial score (nSPS) is 11.7. The van der Waals surface area contributed by atoms with Gasteiger partial charge in [0.2, 0.25) is 0 Å². The van der Waals surface area contributed by atoms with Gasteiger partial charge >= 0.3 is 0 Å². The van der Waals surface area contributed by atoms with Crippen molar-refractivity contribution in [2.45, 2.75) is 0 Å². The third-order valence-corrected chi connectivity index (χ3v) is 10.6. The van der Waals surface area contributed by atoms with E-state index in [9.17, 15) is 0 Å². The van der Waals surface area contributed by atoms with Crippen molar-refractivity contribution in [2.75, 3.05) is 0 Å². The minimum absolute atomic E-state index is 0.706. The maximum Gasteiger partial charge on any atom is 0.160 e. The van der Waals surface area contributed by atoms with Crippen LogP contribution in [0.3, 0.4) is 0 Å². The molecule has 0 atom stereocenters. The predicted octanol–water partition coefficient (Wildman–Crippen LogP) is 13.3. The van der Waals surface area contributed by atoms with Gasteiger partial charge in [-0.15, -0.1) is 0 Å². The van der Waals surface area contributed by atoms with Gasteiger partial charge in [0, 0.05) is 49.3 Å². The highest BCUT2D eigenvalue weighted by atomic mass is 16.3. The second-order valence-corrected chi connectivity index (χ2v) is 13.8. The molecule has 0 radical (unpaired) electrons. The van der Waals surface area contributed by atoms with Gasteiger partial charge in [-0.1, -0.05) is 140 Å². The fourth-order valence-corrected chi connectivity index (χ4v) is 8.03. The van der Waals surface area contributed by atoms with Gasteiger partial charge in [0.15, 0.2) is 5.82 Å². The Morgan fingerprint density at radius 2 is 1.02 bits per heavy atom. The zero-order chi connectivity index (χ0) is 35.6. The average Bonchev–Trinajstić information content (AvgIpc) is 3.79. The van der Waals surface area contributed by atoms with E-state index in [2.05, 4.69) is 162 Å². The van der Waals surface area contributed by atoms with Crippen LogP contribution >= 0.6 is 0 Å². The van der Waals surface area contributed by atoms with E-state index in [0.29, 0.717) is 5.82 Å². The van der Waals surface area contributed by atoms with Gasteiger partial charge in [-0.05, 0) is 65.2 Å². The number of nitrogens with zero attached hydrogens (tertiary/aromatic N) is 3. The zero-order valence-corrected chi connectivity index (χ0v) is 29.1. The maximum atomic E-state index is 6.38. The Morgan fingerprint density at radius 3 is 1.85 bits per heavy atom. The van der Waals surface area contributed by atoms with Crippen molar-refractivity contribution in [1.29, 1.82) is 0 Å². The number of hydrogen-bond acceptors (Lipinski definition) is 3. The first-order valence-electron chi connectivity index (χ1n) is 18.2. The number of rotatable bonds is 5. The van der Waals surface area contributed by atoms with Gasteiger partial charge in [0.25, 0.3) is 0 Å². The summed E-state index contributed by atoms with van der Waals surface area (Å²) in [5.41, 5.74) is 13.6. The highest BCUT2D eigenvalue weighted by Gasteiger charge is 2.17. The van der Waals surface area contributed by atoms with Crippen LogP contribution in [0.15, 0.2) is 192 Å². The van der Waals surface area contributed by atoms with E-state index in [1.54, 1.807) is 0 Å². The van der Waals surface area contributed by atoms with Crippen molar-refractivity contribution in [1.82, 2.24) is 14.5 Å². The molecule has 0 bridgehead atoms. The monoisotopic (exact) mass is 689 g/mol. The number of benzene rings is 8. The summed E-state index contributed by atoms with van der Waals surface area (Å²) in [5, 5.41) is 5.71. The van der Waals surface area contributed by atoms with Gasteiger partial charge in [0.05, 0.1) is 22.2 Å². The Bertz CT molecular complexity index is 3200. The van der Waals surface area contributed by atoms with E-state index < -0.39 is 0 Å². The number of para-hydroxylation sites is 4. The molecular weight excluding hydrogens is 659 g/mol. The van der Waals surface area contributed by atoms with Crippen LogP contribution in [0.5, 0.6) is 0 Å². The molecule has 3 aromatic heterocycles. The van der Waals surface area contributed by atoms with Crippen LogP contribution in [0, 0.1) is 0 Å². The average molecular weight is 690 g/mol. The number of furan rings is 1. The topological polar surface area (TPSA) is 43.9 Å². The molecule has 54 heavy (non-hydrogen) atoms. The molecule has 0 aliphatic carbocycles. The number of hydrogen-bond donors (Lipinski definition) is 0. The molecule has 4 nitrogen and oxygen atoms in total. The summed E-state index contributed by atoms with van der Waals surface area (Å²) >= 11 is 0. The summed E-state index contributed by atoms with van der Waals surface area (Å²) in [6, 6.07) is 66.1. The largest absolute Gasteiger partial charge is 0.455 e. The molecular formula is C50H31N3O. The lowest BCUT2D eigenvalue weighted by atomic mass is 9.97. The van der Waals surface area contributed by atoms with E-state index >= 15 is 0 Å². The van der Waals surface area contributed by atoms with Crippen LogP contribution in [-0.2, 0) is 0 Å². The minimum Gasteiger partial charge on any atom is -0.455 e. The molecule has 252 valence electrons. The zero-order valence-electron chi connectivity index (χ0n) is 29.1. The molecule has 0 saturated carbocycles. The van der Waals surface area contributed by atoms with Crippen LogP contribution < -0.4 is 0 Å². The first kappa shape index (κ1) is 30.3. The van der Waals surface area contributed by atoms with Crippen molar-refractivity contribution < 1.29 is 4.42 Å². The molecule has 0 amide bonds. The van der Waals surface area contributed by atoms with Crippen molar-refractivity contribution in [3.8, 4) is 50.6 Å². The van der Waals surface area contributed by atoms with E-state index in [1.807, 2.05) is 30.3 Å². The minimum atomic E-state index is 0.706. The molecule has 0 aliphatic rings. The first-order chi connectivity index (χ1) is 26.8. The molecule has 8 aromatic carbocycles.